The highest BCUT2D eigenvalue weighted by molar-refractivity contribution is 5.81. The molecule has 2 rings (SSSR count). The van der Waals surface area contributed by atoms with Gasteiger partial charge in [0.25, 0.3) is 0 Å². The molecule has 2 aliphatic rings. The highest BCUT2D eigenvalue weighted by Gasteiger charge is 2.53. The zero-order chi connectivity index (χ0) is 11.6. The van der Waals surface area contributed by atoms with Gasteiger partial charge in [0.1, 0.15) is 5.92 Å². The van der Waals surface area contributed by atoms with E-state index in [9.17, 15) is 4.79 Å². The van der Waals surface area contributed by atoms with Gasteiger partial charge in [0.15, 0.2) is 0 Å². The molecule has 1 unspecified atom stereocenters. The van der Waals surface area contributed by atoms with E-state index in [0.717, 1.165) is 18.9 Å². The van der Waals surface area contributed by atoms with Gasteiger partial charge in [-0.3, -0.25) is 4.79 Å². The molecule has 0 spiro atoms. The Kier molecular flexibility index (Phi) is 3.18. The van der Waals surface area contributed by atoms with E-state index in [-0.39, 0.29) is 5.91 Å². The summed E-state index contributed by atoms with van der Waals surface area (Å²) in [7, 11) is 0. The maximum Gasteiger partial charge on any atom is 0.237 e. The summed E-state index contributed by atoms with van der Waals surface area (Å²) in [5.74, 6) is 0.357. The Labute approximate surface area is 97.2 Å². The van der Waals surface area contributed by atoms with E-state index >= 15 is 0 Å². The molecule has 0 bridgehead atoms. The Bertz CT molecular complexity index is 310. The summed E-state index contributed by atoms with van der Waals surface area (Å²) >= 11 is 0. The first-order valence-corrected chi connectivity index (χ1v) is 6.39. The third-order valence-electron chi connectivity index (χ3n) is 4.00. The topological polar surface area (TPSA) is 52.9 Å². The molecule has 2 aliphatic carbocycles. The predicted octanol–water partition coefficient (Wildman–Crippen LogP) is 2.23. The Morgan fingerprint density at radius 3 is 2.69 bits per heavy atom. The minimum atomic E-state index is -0.444. The molecule has 0 aromatic rings. The number of rotatable bonds is 6. The molecule has 1 amide bonds. The number of hydrogen-bond donors (Lipinski definition) is 1. The number of amides is 1. The van der Waals surface area contributed by atoms with Crippen molar-refractivity contribution in [2.24, 2.45) is 17.3 Å². The van der Waals surface area contributed by atoms with Gasteiger partial charge in [-0.15, -0.1) is 0 Å². The van der Waals surface area contributed by atoms with Gasteiger partial charge in [-0.05, 0) is 43.4 Å². The van der Waals surface area contributed by atoms with Crippen molar-refractivity contribution in [1.82, 2.24) is 5.32 Å². The molecular formula is C13H20N2O. The molecule has 2 saturated carbocycles. The van der Waals surface area contributed by atoms with Crippen LogP contribution in [0.2, 0.25) is 0 Å². The number of nitrogens with one attached hydrogen (secondary N) is 1. The standard InChI is InChI=1S/C13H20N2O/c1-2-3-10(8-14)12(16)15-9-13(6-7-13)11-4-5-11/h10-11H,2-7,9H2,1H3,(H,15,16). The van der Waals surface area contributed by atoms with Crippen LogP contribution in [0.1, 0.15) is 45.4 Å². The predicted molar refractivity (Wildman–Crippen MR) is 61.4 cm³/mol. The van der Waals surface area contributed by atoms with Crippen molar-refractivity contribution >= 4 is 5.91 Å². The van der Waals surface area contributed by atoms with Crippen LogP contribution in [0.25, 0.3) is 0 Å². The van der Waals surface area contributed by atoms with E-state index in [1.54, 1.807) is 0 Å². The molecule has 3 heteroatoms. The number of hydrogen-bond acceptors (Lipinski definition) is 2. The van der Waals surface area contributed by atoms with Gasteiger partial charge in [-0.1, -0.05) is 13.3 Å². The van der Waals surface area contributed by atoms with Crippen molar-refractivity contribution in [3.63, 3.8) is 0 Å². The van der Waals surface area contributed by atoms with Crippen molar-refractivity contribution in [2.45, 2.75) is 45.4 Å². The first kappa shape index (κ1) is 11.4. The molecule has 0 saturated heterocycles. The Hall–Kier alpha value is -1.04. The molecule has 0 aromatic heterocycles. The highest BCUT2D eigenvalue weighted by Crippen LogP contribution is 2.60. The average molecular weight is 220 g/mol. The second-order valence-electron chi connectivity index (χ2n) is 5.32. The van der Waals surface area contributed by atoms with Crippen LogP contribution < -0.4 is 5.32 Å². The maximum absolute atomic E-state index is 11.7. The van der Waals surface area contributed by atoms with Crippen LogP contribution in [0, 0.1) is 28.6 Å². The summed E-state index contributed by atoms with van der Waals surface area (Å²) in [4.78, 5) is 11.7. The van der Waals surface area contributed by atoms with Crippen LogP contribution in [0.3, 0.4) is 0 Å². The van der Waals surface area contributed by atoms with Crippen molar-refractivity contribution < 1.29 is 4.79 Å². The van der Waals surface area contributed by atoms with Crippen molar-refractivity contribution in [3.05, 3.63) is 0 Å². The molecule has 0 radical (unpaired) electrons. The van der Waals surface area contributed by atoms with E-state index in [0.29, 0.717) is 11.8 Å². The van der Waals surface area contributed by atoms with Gasteiger partial charge >= 0.3 is 0 Å². The van der Waals surface area contributed by atoms with Gasteiger partial charge < -0.3 is 5.32 Å². The molecule has 1 atom stereocenters. The van der Waals surface area contributed by atoms with Crippen molar-refractivity contribution in [1.29, 1.82) is 5.26 Å². The molecular weight excluding hydrogens is 200 g/mol. The fraction of sp³-hybridized carbons (Fsp3) is 0.846. The minimum Gasteiger partial charge on any atom is -0.354 e. The number of carbonyl (C=O) groups is 1. The van der Waals surface area contributed by atoms with E-state index in [2.05, 4.69) is 11.4 Å². The summed E-state index contributed by atoms with van der Waals surface area (Å²) in [6.07, 6.45) is 6.78. The van der Waals surface area contributed by atoms with Crippen LogP contribution in [0.4, 0.5) is 0 Å². The fourth-order valence-electron chi connectivity index (χ4n) is 2.51. The van der Waals surface area contributed by atoms with Gasteiger partial charge in [0.2, 0.25) is 5.91 Å². The first-order valence-electron chi connectivity index (χ1n) is 6.39. The molecule has 0 heterocycles. The Morgan fingerprint density at radius 2 is 2.25 bits per heavy atom. The quantitative estimate of drug-likeness (QED) is 0.746. The van der Waals surface area contributed by atoms with Crippen LogP contribution >= 0.6 is 0 Å². The summed E-state index contributed by atoms with van der Waals surface area (Å²) in [5, 5.41) is 11.9. The summed E-state index contributed by atoms with van der Waals surface area (Å²) in [6.45, 7) is 2.81. The largest absolute Gasteiger partial charge is 0.354 e. The number of nitriles is 1. The molecule has 0 aliphatic heterocycles. The van der Waals surface area contributed by atoms with Crippen molar-refractivity contribution in [2.75, 3.05) is 6.54 Å². The SMILES string of the molecule is CCCC(C#N)C(=O)NCC1(C2CC2)CC1. The average Bonchev–Trinajstić information content (AvgIpc) is 3.15. The Balaban J connectivity index is 1.76. The summed E-state index contributed by atoms with van der Waals surface area (Å²) in [6, 6.07) is 2.09. The normalized spacial score (nSPS) is 23.2. The van der Waals surface area contributed by atoms with Crippen LogP contribution in [0.5, 0.6) is 0 Å². The third-order valence-corrected chi connectivity index (χ3v) is 4.00. The molecule has 1 N–H and O–H groups in total. The summed E-state index contributed by atoms with van der Waals surface area (Å²) in [5.41, 5.74) is 0.432. The van der Waals surface area contributed by atoms with Crippen molar-refractivity contribution in [3.8, 4) is 6.07 Å². The summed E-state index contributed by atoms with van der Waals surface area (Å²) < 4.78 is 0. The number of nitrogens with zero attached hydrogens (tertiary/aromatic N) is 1. The van der Waals surface area contributed by atoms with Crippen LogP contribution in [-0.2, 0) is 4.79 Å². The van der Waals surface area contributed by atoms with Crippen LogP contribution in [0.15, 0.2) is 0 Å². The second-order valence-corrected chi connectivity index (χ2v) is 5.32. The van der Waals surface area contributed by atoms with E-state index in [4.69, 9.17) is 5.26 Å². The smallest absolute Gasteiger partial charge is 0.237 e. The lowest BCUT2D eigenvalue weighted by molar-refractivity contribution is -0.123. The van der Waals surface area contributed by atoms with Gasteiger partial charge in [0, 0.05) is 6.54 Å². The highest BCUT2D eigenvalue weighted by atomic mass is 16.1. The van der Waals surface area contributed by atoms with Gasteiger partial charge in [-0.2, -0.15) is 5.26 Å². The molecule has 3 nitrogen and oxygen atoms in total. The molecule has 88 valence electrons. The van der Waals surface area contributed by atoms with E-state index in [1.165, 1.54) is 25.7 Å². The van der Waals surface area contributed by atoms with E-state index < -0.39 is 5.92 Å². The number of carbonyl (C=O) groups excluding carboxylic acids is 1. The third kappa shape index (κ3) is 2.37. The molecule has 0 aromatic carbocycles. The van der Waals surface area contributed by atoms with Gasteiger partial charge in [0.05, 0.1) is 6.07 Å². The monoisotopic (exact) mass is 220 g/mol. The van der Waals surface area contributed by atoms with Gasteiger partial charge in [-0.25, -0.2) is 0 Å². The Morgan fingerprint density at radius 1 is 1.56 bits per heavy atom. The van der Waals surface area contributed by atoms with E-state index in [1.807, 2.05) is 6.92 Å². The second kappa shape index (κ2) is 4.45. The minimum absolute atomic E-state index is 0.0590. The fourth-order valence-corrected chi connectivity index (χ4v) is 2.51. The van der Waals surface area contributed by atoms with Crippen LogP contribution in [-0.4, -0.2) is 12.5 Å². The zero-order valence-electron chi connectivity index (χ0n) is 9.96. The molecule has 16 heavy (non-hydrogen) atoms. The zero-order valence-corrected chi connectivity index (χ0v) is 9.96. The lowest BCUT2D eigenvalue weighted by Gasteiger charge is -2.16. The lowest BCUT2D eigenvalue weighted by Crippen LogP contribution is -2.35. The first-order chi connectivity index (χ1) is 7.72. The maximum atomic E-state index is 11.7. The lowest BCUT2D eigenvalue weighted by atomic mass is 9.99. The molecule has 2 fully saturated rings.